The summed E-state index contributed by atoms with van der Waals surface area (Å²) in [6, 6.07) is 2.20. The van der Waals surface area contributed by atoms with Gasteiger partial charge in [0.1, 0.15) is 16.5 Å². The molecule has 1 saturated carbocycles. The van der Waals surface area contributed by atoms with Crippen LogP contribution < -0.4 is 4.74 Å². The van der Waals surface area contributed by atoms with Crippen LogP contribution in [0.25, 0.3) is 0 Å². The highest BCUT2D eigenvalue weighted by atomic mass is 79.9. The average Bonchev–Trinajstić information content (AvgIpc) is 2.33. The van der Waals surface area contributed by atoms with Crippen LogP contribution >= 0.6 is 26.6 Å². The summed E-state index contributed by atoms with van der Waals surface area (Å²) in [5.74, 6) is -0.586. The molecule has 1 aliphatic rings. The zero-order valence-electron chi connectivity index (χ0n) is 10.0. The van der Waals surface area contributed by atoms with Gasteiger partial charge in [-0.15, -0.1) is 0 Å². The van der Waals surface area contributed by atoms with E-state index >= 15 is 0 Å². The molecule has 0 aromatic heterocycles. The summed E-state index contributed by atoms with van der Waals surface area (Å²) in [4.78, 5) is -0.544. The highest BCUT2D eigenvalue weighted by Gasteiger charge is 2.21. The van der Waals surface area contributed by atoms with E-state index in [1.54, 1.807) is 0 Å². The molecule has 1 aromatic rings. The lowest BCUT2D eigenvalue weighted by molar-refractivity contribution is 0.153. The first kappa shape index (κ1) is 15.1. The quantitative estimate of drug-likeness (QED) is 0.747. The normalized spacial score (nSPS) is 17.4. The van der Waals surface area contributed by atoms with Gasteiger partial charge in [0.2, 0.25) is 0 Å². The lowest BCUT2D eigenvalue weighted by Crippen LogP contribution is -2.20. The molecule has 106 valence electrons. The van der Waals surface area contributed by atoms with Crippen LogP contribution in [0.4, 0.5) is 4.39 Å². The Morgan fingerprint density at radius 2 is 1.89 bits per heavy atom. The van der Waals surface area contributed by atoms with Crippen molar-refractivity contribution in [3.05, 3.63) is 22.4 Å². The summed E-state index contributed by atoms with van der Waals surface area (Å²) >= 11 is 3.19. The molecule has 0 saturated heterocycles. The number of hydrogen-bond donors (Lipinski definition) is 0. The molecular weight excluding hydrogens is 359 g/mol. The van der Waals surface area contributed by atoms with Crippen LogP contribution in [0.15, 0.2) is 21.5 Å². The molecule has 0 atom stereocenters. The van der Waals surface area contributed by atoms with Crippen molar-refractivity contribution < 1.29 is 17.5 Å². The van der Waals surface area contributed by atoms with Crippen molar-refractivity contribution in [1.82, 2.24) is 0 Å². The van der Waals surface area contributed by atoms with Gasteiger partial charge < -0.3 is 4.74 Å². The first-order chi connectivity index (χ1) is 8.88. The van der Waals surface area contributed by atoms with Gasteiger partial charge in [0.25, 0.3) is 9.05 Å². The fourth-order valence-corrected chi connectivity index (χ4v) is 3.64. The van der Waals surface area contributed by atoms with Gasteiger partial charge in [-0.2, -0.15) is 0 Å². The van der Waals surface area contributed by atoms with E-state index in [0.29, 0.717) is 10.2 Å². The van der Waals surface area contributed by atoms with E-state index in [1.807, 2.05) is 0 Å². The molecule has 0 amide bonds. The molecule has 7 heteroatoms. The van der Waals surface area contributed by atoms with Crippen LogP contribution in [-0.2, 0) is 9.05 Å². The van der Waals surface area contributed by atoms with Crippen LogP contribution in [0.2, 0.25) is 0 Å². The van der Waals surface area contributed by atoms with Gasteiger partial charge in [-0.3, -0.25) is 0 Å². The van der Waals surface area contributed by atoms with E-state index in [1.165, 1.54) is 6.42 Å². The Labute approximate surface area is 124 Å². The summed E-state index contributed by atoms with van der Waals surface area (Å²) in [6.07, 6.45) is 5.31. The molecule has 0 spiro atoms. The SMILES string of the molecule is O=S(=O)(Cl)c1cc(Br)c(OC2CCCCC2)cc1F. The van der Waals surface area contributed by atoms with Gasteiger partial charge in [0.15, 0.2) is 0 Å². The van der Waals surface area contributed by atoms with E-state index in [-0.39, 0.29) is 6.10 Å². The summed E-state index contributed by atoms with van der Waals surface area (Å²) < 4.78 is 42.2. The fraction of sp³-hybridized carbons (Fsp3) is 0.500. The second kappa shape index (κ2) is 5.97. The minimum absolute atomic E-state index is 0.0582. The summed E-state index contributed by atoms with van der Waals surface area (Å²) in [5.41, 5.74) is 0. The number of benzene rings is 1. The van der Waals surface area contributed by atoms with E-state index in [9.17, 15) is 12.8 Å². The second-order valence-corrected chi connectivity index (χ2v) is 7.92. The number of ether oxygens (including phenoxy) is 1. The maximum atomic E-state index is 13.7. The first-order valence-corrected chi connectivity index (χ1v) is 9.08. The van der Waals surface area contributed by atoms with Crippen LogP contribution in [0, 0.1) is 5.82 Å². The van der Waals surface area contributed by atoms with Gasteiger partial charge in [-0.25, -0.2) is 12.8 Å². The molecule has 0 N–H and O–H groups in total. The molecule has 1 aromatic carbocycles. The Morgan fingerprint density at radius 1 is 1.26 bits per heavy atom. The molecule has 0 aliphatic heterocycles. The van der Waals surface area contributed by atoms with Crippen molar-refractivity contribution in [3.8, 4) is 5.75 Å². The molecule has 1 aliphatic carbocycles. The first-order valence-electron chi connectivity index (χ1n) is 5.98. The number of rotatable bonds is 3. The monoisotopic (exact) mass is 370 g/mol. The summed E-state index contributed by atoms with van der Waals surface area (Å²) in [6.45, 7) is 0. The third kappa shape index (κ3) is 3.83. The third-order valence-electron chi connectivity index (χ3n) is 3.09. The second-order valence-electron chi connectivity index (χ2n) is 4.53. The average molecular weight is 372 g/mol. The van der Waals surface area contributed by atoms with Gasteiger partial charge in [0, 0.05) is 16.7 Å². The van der Waals surface area contributed by atoms with E-state index in [2.05, 4.69) is 15.9 Å². The largest absolute Gasteiger partial charge is 0.489 e. The maximum Gasteiger partial charge on any atom is 0.264 e. The van der Waals surface area contributed by atoms with Crippen LogP contribution in [-0.4, -0.2) is 14.5 Å². The number of halogens is 3. The van der Waals surface area contributed by atoms with Crippen LogP contribution in [0.3, 0.4) is 0 Å². The Balaban J connectivity index is 2.25. The topological polar surface area (TPSA) is 43.4 Å². The van der Waals surface area contributed by atoms with Crippen LogP contribution in [0.5, 0.6) is 5.75 Å². The van der Waals surface area contributed by atoms with Gasteiger partial charge in [0.05, 0.1) is 10.6 Å². The van der Waals surface area contributed by atoms with Crippen LogP contribution in [0.1, 0.15) is 32.1 Å². The van der Waals surface area contributed by atoms with E-state index < -0.39 is 19.8 Å². The van der Waals surface area contributed by atoms with Crippen molar-refractivity contribution in [2.24, 2.45) is 0 Å². The maximum absolute atomic E-state index is 13.7. The van der Waals surface area contributed by atoms with Crippen molar-refractivity contribution >= 4 is 35.7 Å². The van der Waals surface area contributed by atoms with Gasteiger partial charge in [-0.1, -0.05) is 6.42 Å². The zero-order valence-corrected chi connectivity index (χ0v) is 13.2. The molecule has 0 heterocycles. The minimum atomic E-state index is -4.09. The smallest absolute Gasteiger partial charge is 0.264 e. The predicted molar refractivity (Wildman–Crippen MR) is 74.6 cm³/mol. The Kier molecular flexibility index (Phi) is 4.74. The van der Waals surface area contributed by atoms with E-state index in [4.69, 9.17) is 15.4 Å². The highest BCUT2D eigenvalue weighted by Crippen LogP contribution is 2.34. The summed E-state index contributed by atoms with van der Waals surface area (Å²) in [7, 11) is 1.06. The fourth-order valence-electron chi connectivity index (χ4n) is 2.15. The lowest BCUT2D eigenvalue weighted by Gasteiger charge is -2.23. The molecule has 0 unspecified atom stereocenters. The predicted octanol–water partition coefficient (Wildman–Crippen LogP) is 4.23. The molecule has 0 radical (unpaired) electrons. The van der Waals surface area contributed by atoms with Crippen molar-refractivity contribution in [3.63, 3.8) is 0 Å². The molecular formula is C12H13BrClFO3S. The Hall–Kier alpha value is -0.330. The molecule has 2 rings (SSSR count). The molecule has 3 nitrogen and oxygen atoms in total. The van der Waals surface area contributed by atoms with Gasteiger partial charge >= 0.3 is 0 Å². The van der Waals surface area contributed by atoms with Crippen molar-refractivity contribution in [2.75, 3.05) is 0 Å². The lowest BCUT2D eigenvalue weighted by atomic mass is 9.98. The zero-order chi connectivity index (χ0) is 14.0. The van der Waals surface area contributed by atoms with Gasteiger partial charge in [-0.05, 0) is 47.7 Å². The third-order valence-corrected chi connectivity index (χ3v) is 5.05. The van der Waals surface area contributed by atoms with Crippen molar-refractivity contribution in [1.29, 1.82) is 0 Å². The van der Waals surface area contributed by atoms with Crippen molar-refractivity contribution in [2.45, 2.75) is 43.1 Å². The standard InChI is InChI=1S/C12H13BrClFO3S/c13-9-6-12(19(14,16)17)10(15)7-11(9)18-8-4-2-1-3-5-8/h6-8H,1-5H2. The Morgan fingerprint density at radius 3 is 2.47 bits per heavy atom. The number of hydrogen-bond acceptors (Lipinski definition) is 3. The highest BCUT2D eigenvalue weighted by molar-refractivity contribution is 9.10. The molecule has 0 bridgehead atoms. The summed E-state index contributed by atoms with van der Waals surface area (Å²) in [5, 5.41) is 0. The molecule has 19 heavy (non-hydrogen) atoms. The Bertz CT molecular complexity index is 571. The molecule has 1 fully saturated rings. The van der Waals surface area contributed by atoms with E-state index in [0.717, 1.165) is 37.8 Å². The minimum Gasteiger partial charge on any atom is -0.489 e.